The van der Waals surface area contributed by atoms with Gasteiger partial charge in [-0.05, 0) is 42.4 Å². The van der Waals surface area contributed by atoms with Gasteiger partial charge in [0, 0.05) is 75.4 Å². The van der Waals surface area contributed by atoms with Crippen molar-refractivity contribution in [2.45, 2.75) is 64.5 Å². The second kappa shape index (κ2) is 15.8. The summed E-state index contributed by atoms with van der Waals surface area (Å²) in [6, 6.07) is 5.20. The van der Waals surface area contributed by atoms with Gasteiger partial charge in [0.2, 0.25) is 17.7 Å². The SMILES string of the molecule is C=C(CN1CCSCC1)C(=O)NCC(NC(=O)[C@H](Cc1nc2ccc(C(C)C)cc2s1)NC(=O)CC)C1CCOCC1. The maximum atomic E-state index is 13.7. The molecule has 2 fully saturated rings. The highest BCUT2D eigenvalue weighted by molar-refractivity contribution is 7.99. The van der Waals surface area contributed by atoms with E-state index in [1.807, 2.05) is 17.8 Å². The van der Waals surface area contributed by atoms with E-state index in [9.17, 15) is 14.4 Å². The molecule has 1 aromatic heterocycles. The second-order valence-electron chi connectivity index (χ2n) is 11.4. The number of amides is 3. The monoisotopic (exact) mass is 615 g/mol. The number of aromatic nitrogens is 1. The average Bonchev–Trinajstić information content (AvgIpc) is 3.41. The Morgan fingerprint density at radius 1 is 1.14 bits per heavy atom. The molecule has 2 aliphatic rings. The molecule has 2 atom stereocenters. The molecule has 0 bridgehead atoms. The van der Waals surface area contributed by atoms with Gasteiger partial charge in [0.05, 0.1) is 15.2 Å². The quantitative estimate of drug-likeness (QED) is 0.296. The zero-order valence-corrected chi connectivity index (χ0v) is 26.7. The van der Waals surface area contributed by atoms with Crippen molar-refractivity contribution >= 4 is 51.0 Å². The van der Waals surface area contributed by atoms with Gasteiger partial charge in [0.25, 0.3) is 0 Å². The number of fused-ring (bicyclic) bond motifs is 1. The van der Waals surface area contributed by atoms with Crippen molar-refractivity contribution in [1.29, 1.82) is 0 Å². The van der Waals surface area contributed by atoms with E-state index in [0.717, 1.165) is 52.7 Å². The van der Waals surface area contributed by atoms with Crippen LogP contribution in [0.2, 0.25) is 0 Å². The van der Waals surface area contributed by atoms with Crippen LogP contribution in [0.5, 0.6) is 0 Å². The number of carbonyl (C=O) groups is 3. The number of hydrogen-bond acceptors (Lipinski definition) is 8. The summed E-state index contributed by atoms with van der Waals surface area (Å²) in [6.07, 6.45) is 2.15. The lowest BCUT2D eigenvalue weighted by atomic mass is 9.91. The standard InChI is InChI=1S/C31H45N5O4S2/c1-5-28(37)33-25(17-29-34-24-7-6-23(20(2)3)16-27(24)42-29)31(39)35-26(22-8-12-40-13-9-22)18-32-30(38)21(4)19-36-10-14-41-15-11-36/h6-7,16,20,22,25-26H,4-5,8-15,17-19H2,1-3H3,(H,32,38)(H,33,37)(H,35,39)/t25-,26?/m0/s1. The summed E-state index contributed by atoms with van der Waals surface area (Å²) in [5.41, 5.74) is 2.67. The molecular formula is C31H45N5O4S2. The normalized spacial score (nSPS) is 18.0. The van der Waals surface area contributed by atoms with Gasteiger partial charge < -0.3 is 20.7 Å². The van der Waals surface area contributed by atoms with E-state index in [2.05, 4.69) is 53.4 Å². The van der Waals surface area contributed by atoms with Gasteiger partial charge in [0.15, 0.2) is 0 Å². The first-order chi connectivity index (χ1) is 20.2. The summed E-state index contributed by atoms with van der Waals surface area (Å²) in [5.74, 6) is 2.04. The Morgan fingerprint density at radius 3 is 2.57 bits per heavy atom. The van der Waals surface area contributed by atoms with E-state index in [1.54, 1.807) is 18.3 Å². The molecule has 3 N–H and O–H groups in total. The topological polar surface area (TPSA) is 113 Å². The van der Waals surface area contributed by atoms with Crippen molar-refractivity contribution in [3.05, 3.63) is 40.9 Å². The Morgan fingerprint density at radius 2 is 1.88 bits per heavy atom. The van der Waals surface area contributed by atoms with Crippen LogP contribution in [-0.4, -0.2) is 90.6 Å². The van der Waals surface area contributed by atoms with Crippen LogP contribution in [0.25, 0.3) is 10.2 Å². The second-order valence-corrected chi connectivity index (χ2v) is 13.8. The highest BCUT2D eigenvalue weighted by atomic mass is 32.2. The van der Waals surface area contributed by atoms with Gasteiger partial charge in [0.1, 0.15) is 6.04 Å². The highest BCUT2D eigenvalue weighted by Gasteiger charge is 2.30. The summed E-state index contributed by atoms with van der Waals surface area (Å²) in [7, 11) is 0. The number of thioether (sulfide) groups is 1. The Bertz CT molecular complexity index is 1240. The van der Waals surface area contributed by atoms with Crippen molar-refractivity contribution < 1.29 is 19.1 Å². The lowest BCUT2D eigenvalue weighted by molar-refractivity contribution is -0.129. The fraction of sp³-hybridized carbons (Fsp3) is 0.613. The molecule has 0 saturated carbocycles. The number of nitrogens with zero attached hydrogens (tertiary/aromatic N) is 2. The molecule has 1 unspecified atom stereocenters. The molecule has 3 amide bonds. The minimum absolute atomic E-state index is 0.148. The zero-order chi connectivity index (χ0) is 30.1. The Hall–Kier alpha value is -2.47. The van der Waals surface area contributed by atoms with Gasteiger partial charge >= 0.3 is 0 Å². The first-order valence-electron chi connectivity index (χ1n) is 15.1. The number of rotatable bonds is 13. The van der Waals surface area contributed by atoms with E-state index in [-0.39, 0.29) is 42.6 Å². The minimum atomic E-state index is -0.771. The fourth-order valence-corrected chi connectivity index (χ4v) is 7.32. The predicted octanol–water partition coefficient (Wildman–Crippen LogP) is 3.49. The van der Waals surface area contributed by atoms with Gasteiger partial charge in [-0.2, -0.15) is 11.8 Å². The molecule has 2 aliphatic heterocycles. The van der Waals surface area contributed by atoms with Crippen LogP contribution in [0.1, 0.15) is 56.5 Å². The van der Waals surface area contributed by atoms with Crippen molar-refractivity contribution in [3.8, 4) is 0 Å². The summed E-state index contributed by atoms with van der Waals surface area (Å²) >= 11 is 3.48. The third-order valence-corrected chi connectivity index (χ3v) is 9.94. The number of thiazole rings is 1. The smallest absolute Gasteiger partial charge is 0.247 e. The Balaban J connectivity index is 1.44. The largest absolute Gasteiger partial charge is 0.381 e. The summed E-state index contributed by atoms with van der Waals surface area (Å²) in [4.78, 5) is 46.2. The molecule has 230 valence electrons. The van der Waals surface area contributed by atoms with Crippen molar-refractivity contribution in [2.24, 2.45) is 5.92 Å². The molecule has 0 radical (unpaired) electrons. The van der Waals surface area contributed by atoms with E-state index in [1.165, 1.54) is 5.56 Å². The van der Waals surface area contributed by atoms with Crippen LogP contribution in [-0.2, 0) is 25.5 Å². The van der Waals surface area contributed by atoms with Gasteiger partial charge in [-0.1, -0.05) is 33.4 Å². The molecule has 3 heterocycles. The number of ether oxygens (including phenoxy) is 1. The summed E-state index contributed by atoms with van der Waals surface area (Å²) < 4.78 is 6.64. The molecule has 0 spiro atoms. The summed E-state index contributed by atoms with van der Waals surface area (Å²) in [5, 5.41) is 9.91. The molecular weight excluding hydrogens is 571 g/mol. The van der Waals surface area contributed by atoms with E-state index in [0.29, 0.717) is 37.7 Å². The third-order valence-electron chi connectivity index (χ3n) is 7.96. The lowest BCUT2D eigenvalue weighted by Crippen LogP contribution is -2.55. The zero-order valence-electron chi connectivity index (χ0n) is 25.1. The van der Waals surface area contributed by atoms with Gasteiger partial charge in [-0.25, -0.2) is 4.98 Å². The van der Waals surface area contributed by atoms with Crippen LogP contribution in [0.15, 0.2) is 30.4 Å². The maximum absolute atomic E-state index is 13.7. The number of benzene rings is 1. The highest BCUT2D eigenvalue weighted by Crippen LogP contribution is 2.27. The van der Waals surface area contributed by atoms with Crippen LogP contribution < -0.4 is 16.0 Å². The van der Waals surface area contributed by atoms with Gasteiger partial charge in [-0.3, -0.25) is 19.3 Å². The predicted molar refractivity (Wildman–Crippen MR) is 171 cm³/mol. The molecule has 2 saturated heterocycles. The third kappa shape index (κ3) is 9.26. The molecule has 11 heteroatoms. The van der Waals surface area contributed by atoms with Crippen LogP contribution >= 0.6 is 23.1 Å². The maximum Gasteiger partial charge on any atom is 0.247 e. The van der Waals surface area contributed by atoms with Crippen molar-refractivity contribution in [2.75, 3.05) is 50.9 Å². The number of nitrogens with one attached hydrogen (secondary N) is 3. The Labute approximate surface area is 257 Å². The first-order valence-corrected chi connectivity index (χ1v) is 17.0. The molecule has 0 aliphatic carbocycles. The van der Waals surface area contributed by atoms with E-state index < -0.39 is 6.04 Å². The minimum Gasteiger partial charge on any atom is -0.381 e. The molecule has 42 heavy (non-hydrogen) atoms. The van der Waals surface area contributed by atoms with Crippen LogP contribution in [0.3, 0.4) is 0 Å². The number of hydrogen-bond donors (Lipinski definition) is 3. The first kappa shape index (κ1) is 32.4. The van der Waals surface area contributed by atoms with E-state index >= 15 is 0 Å². The van der Waals surface area contributed by atoms with Gasteiger partial charge in [-0.15, -0.1) is 11.3 Å². The van der Waals surface area contributed by atoms with Crippen LogP contribution in [0.4, 0.5) is 0 Å². The molecule has 2 aromatic rings. The average molecular weight is 616 g/mol. The molecule has 1 aromatic carbocycles. The van der Waals surface area contributed by atoms with Crippen molar-refractivity contribution in [1.82, 2.24) is 25.8 Å². The molecule has 9 nitrogen and oxygen atoms in total. The lowest BCUT2D eigenvalue weighted by Gasteiger charge is -2.32. The molecule has 4 rings (SSSR count). The van der Waals surface area contributed by atoms with Crippen molar-refractivity contribution in [3.63, 3.8) is 0 Å². The Kier molecular flexibility index (Phi) is 12.2. The summed E-state index contributed by atoms with van der Waals surface area (Å²) in [6.45, 7) is 14.1. The number of carbonyl (C=O) groups excluding carboxylic acids is 3. The fourth-order valence-electron chi connectivity index (χ4n) is 5.28. The van der Waals surface area contributed by atoms with Crippen LogP contribution in [0, 0.1) is 5.92 Å². The van der Waals surface area contributed by atoms with E-state index in [4.69, 9.17) is 9.72 Å².